The Hall–Kier alpha value is -3.73. The first kappa shape index (κ1) is 17.7. The summed E-state index contributed by atoms with van der Waals surface area (Å²) < 4.78 is 14.8. The van der Waals surface area contributed by atoms with Crippen LogP contribution in [0.5, 0.6) is 0 Å². The maximum atomic E-state index is 13.3. The summed E-state index contributed by atoms with van der Waals surface area (Å²) in [5.41, 5.74) is 3.68. The highest BCUT2D eigenvalue weighted by molar-refractivity contribution is 6.14. The van der Waals surface area contributed by atoms with Crippen LogP contribution in [0.2, 0.25) is 0 Å². The minimum absolute atomic E-state index is 0.187. The zero-order valence-electron chi connectivity index (χ0n) is 15.3. The number of para-hydroxylation sites is 1. The summed E-state index contributed by atoms with van der Waals surface area (Å²) in [7, 11) is 0. The van der Waals surface area contributed by atoms with Gasteiger partial charge in [0.25, 0.3) is 5.56 Å². The van der Waals surface area contributed by atoms with Crippen molar-refractivity contribution in [3.63, 3.8) is 0 Å². The quantitative estimate of drug-likeness (QED) is 0.516. The Bertz CT molecular complexity index is 1170. The number of hydrogen-bond donors (Lipinski definition) is 1. The molecule has 4 rings (SSSR count). The molecule has 0 saturated carbocycles. The minimum atomic E-state index is -0.329. The van der Waals surface area contributed by atoms with Gasteiger partial charge in [-0.1, -0.05) is 48.5 Å². The van der Waals surface area contributed by atoms with E-state index in [0.29, 0.717) is 22.7 Å². The van der Waals surface area contributed by atoms with Gasteiger partial charge in [0.2, 0.25) is 0 Å². The van der Waals surface area contributed by atoms with E-state index in [9.17, 15) is 9.18 Å². The highest BCUT2D eigenvalue weighted by Gasteiger charge is 2.19. The topological polar surface area (TPSA) is 50.1 Å². The molecule has 1 N–H and O–H groups in total. The third-order valence-corrected chi connectivity index (χ3v) is 4.44. The molecule has 0 aliphatic heterocycles. The summed E-state index contributed by atoms with van der Waals surface area (Å²) >= 11 is 0. The fourth-order valence-corrected chi connectivity index (χ4v) is 3.09. The highest BCUT2D eigenvalue weighted by atomic mass is 19.1. The number of H-pyrrole nitrogens is 1. The molecule has 3 aromatic carbocycles. The van der Waals surface area contributed by atoms with Crippen LogP contribution in [-0.2, 0) is 0 Å². The van der Waals surface area contributed by atoms with Crippen molar-refractivity contribution < 1.29 is 4.39 Å². The van der Waals surface area contributed by atoms with Gasteiger partial charge in [0.15, 0.2) is 0 Å². The molecule has 4 aromatic rings. The average molecular weight is 371 g/mol. The highest BCUT2D eigenvalue weighted by Crippen LogP contribution is 2.19. The van der Waals surface area contributed by atoms with E-state index in [1.54, 1.807) is 12.1 Å². The number of benzene rings is 3. The predicted molar refractivity (Wildman–Crippen MR) is 109 cm³/mol. The lowest BCUT2D eigenvalue weighted by Gasteiger charge is -2.06. The van der Waals surface area contributed by atoms with Crippen LogP contribution < -0.4 is 5.56 Å². The number of aromatic amines is 1. The van der Waals surface area contributed by atoms with Crippen LogP contribution in [0.15, 0.2) is 94.7 Å². The van der Waals surface area contributed by atoms with Gasteiger partial charge >= 0.3 is 0 Å². The predicted octanol–water partition coefficient (Wildman–Crippen LogP) is 4.78. The Balaban J connectivity index is 1.92. The van der Waals surface area contributed by atoms with Gasteiger partial charge in [-0.25, -0.2) is 14.1 Å². The van der Waals surface area contributed by atoms with Crippen molar-refractivity contribution in [2.75, 3.05) is 0 Å². The normalized spacial score (nSPS) is 11.6. The van der Waals surface area contributed by atoms with Crippen LogP contribution in [-0.4, -0.2) is 15.5 Å². The van der Waals surface area contributed by atoms with Crippen LogP contribution in [0.4, 0.5) is 10.1 Å². The number of aromatic nitrogens is 2. The Labute approximate surface area is 161 Å². The van der Waals surface area contributed by atoms with Crippen molar-refractivity contribution >= 4 is 11.4 Å². The van der Waals surface area contributed by atoms with Crippen LogP contribution in [0, 0.1) is 12.7 Å². The molecule has 0 atom stereocenters. The molecule has 0 bridgehead atoms. The Kier molecular flexibility index (Phi) is 4.72. The summed E-state index contributed by atoms with van der Waals surface area (Å²) in [6, 6.07) is 24.8. The van der Waals surface area contributed by atoms with E-state index in [2.05, 4.69) is 10.1 Å². The average Bonchev–Trinajstić information content (AvgIpc) is 3.03. The maximum absolute atomic E-state index is 13.3. The van der Waals surface area contributed by atoms with E-state index in [1.165, 1.54) is 16.8 Å². The smallest absolute Gasteiger partial charge is 0.280 e. The lowest BCUT2D eigenvalue weighted by atomic mass is 10.0. The number of nitrogens with one attached hydrogen (secondary N) is 1. The molecule has 0 aliphatic carbocycles. The molecule has 0 unspecified atom stereocenters. The van der Waals surface area contributed by atoms with Gasteiger partial charge in [0.05, 0.1) is 22.6 Å². The summed E-state index contributed by atoms with van der Waals surface area (Å²) in [6.45, 7) is 1.85. The zero-order chi connectivity index (χ0) is 19.5. The van der Waals surface area contributed by atoms with Crippen LogP contribution in [0.1, 0.15) is 16.8 Å². The third kappa shape index (κ3) is 3.42. The number of aliphatic imine (C=N–C) groups is 1. The summed E-state index contributed by atoms with van der Waals surface area (Å²) in [5, 5.41) is 3.14. The van der Waals surface area contributed by atoms with Crippen LogP contribution in [0.3, 0.4) is 0 Å². The minimum Gasteiger partial charge on any atom is -0.295 e. The van der Waals surface area contributed by atoms with Gasteiger partial charge < -0.3 is 0 Å². The molecule has 0 aliphatic rings. The standard InChI is InChI=1S/C23H18FN3O/c1-16-21(23(28)27(26-16)20-10-6-3-7-11-20)22(17-8-4-2-5-9-17)25-19-14-12-18(24)13-15-19/h2-15,26H,1H3. The molecule has 0 amide bonds. The SMILES string of the molecule is Cc1[nH]n(-c2ccccc2)c(=O)c1C(=Nc1ccc(F)cc1)c1ccccc1. The fraction of sp³-hybridized carbons (Fsp3) is 0.0435. The molecular weight excluding hydrogens is 353 g/mol. The molecule has 4 nitrogen and oxygen atoms in total. The van der Waals surface area contributed by atoms with Gasteiger partial charge in [0, 0.05) is 11.3 Å². The second kappa shape index (κ2) is 7.48. The number of rotatable bonds is 4. The monoisotopic (exact) mass is 371 g/mol. The molecule has 0 saturated heterocycles. The van der Waals surface area contributed by atoms with Crippen molar-refractivity contribution in [3.8, 4) is 5.69 Å². The van der Waals surface area contributed by atoms with Gasteiger partial charge in [-0.15, -0.1) is 0 Å². The van der Waals surface area contributed by atoms with Gasteiger partial charge in [0.1, 0.15) is 5.82 Å². The molecule has 1 heterocycles. The van der Waals surface area contributed by atoms with E-state index in [0.717, 1.165) is 11.3 Å². The van der Waals surface area contributed by atoms with Crippen molar-refractivity contribution in [1.29, 1.82) is 0 Å². The zero-order valence-corrected chi connectivity index (χ0v) is 15.3. The van der Waals surface area contributed by atoms with Crippen LogP contribution in [0.25, 0.3) is 5.69 Å². The van der Waals surface area contributed by atoms with Crippen molar-refractivity contribution in [3.05, 3.63) is 118 Å². The second-order valence-electron chi connectivity index (χ2n) is 6.39. The lowest BCUT2D eigenvalue weighted by Crippen LogP contribution is -2.21. The molecule has 28 heavy (non-hydrogen) atoms. The molecule has 0 fully saturated rings. The van der Waals surface area contributed by atoms with Crippen molar-refractivity contribution in [2.24, 2.45) is 4.99 Å². The van der Waals surface area contributed by atoms with E-state index < -0.39 is 0 Å². The van der Waals surface area contributed by atoms with E-state index in [1.807, 2.05) is 67.6 Å². The van der Waals surface area contributed by atoms with Gasteiger partial charge in [-0.2, -0.15) is 0 Å². The van der Waals surface area contributed by atoms with Crippen molar-refractivity contribution in [1.82, 2.24) is 9.78 Å². The molecule has 5 heteroatoms. The number of halogens is 1. The number of nitrogens with zero attached hydrogens (tertiary/aromatic N) is 2. The molecular formula is C23H18FN3O. The van der Waals surface area contributed by atoms with E-state index in [4.69, 9.17) is 0 Å². The Morgan fingerprint density at radius 2 is 1.50 bits per heavy atom. The third-order valence-electron chi connectivity index (χ3n) is 4.44. The molecule has 0 radical (unpaired) electrons. The lowest BCUT2D eigenvalue weighted by molar-refractivity contribution is 0.628. The van der Waals surface area contributed by atoms with E-state index >= 15 is 0 Å². The second-order valence-corrected chi connectivity index (χ2v) is 6.39. The largest absolute Gasteiger partial charge is 0.295 e. The summed E-state index contributed by atoms with van der Waals surface area (Å²) in [5.74, 6) is -0.329. The maximum Gasteiger partial charge on any atom is 0.280 e. The van der Waals surface area contributed by atoms with E-state index in [-0.39, 0.29) is 11.4 Å². The van der Waals surface area contributed by atoms with Gasteiger partial charge in [-0.3, -0.25) is 9.89 Å². The Morgan fingerprint density at radius 3 is 2.14 bits per heavy atom. The number of hydrogen-bond acceptors (Lipinski definition) is 2. The fourth-order valence-electron chi connectivity index (χ4n) is 3.09. The summed E-state index contributed by atoms with van der Waals surface area (Å²) in [4.78, 5) is 17.9. The van der Waals surface area contributed by atoms with Crippen LogP contribution >= 0.6 is 0 Å². The first-order valence-corrected chi connectivity index (χ1v) is 8.90. The molecule has 1 aromatic heterocycles. The molecule has 0 spiro atoms. The molecule has 138 valence electrons. The first-order valence-electron chi connectivity index (χ1n) is 8.90. The Morgan fingerprint density at radius 1 is 0.893 bits per heavy atom. The number of aryl methyl sites for hydroxylation is 1. The van der Waals surface area contributed by atoms with Crippen molar-refractivity contribution in [2.45, 2.75) is 6.92 Å². The van der Waals surface area contributed by atoms with Gasteiger partial charge in [-0.05, 0) is 43.3 Å². The first-order chi connectivity index (χ1) is 13.6. The summed E-state index contributed by atoms with van der Waals surface area (Å²) in [6.07, 6.45) is 0.